The van der Waals surface area contributed by atoms with Crippen molar-refractivity contribution in [1.82, 2.24) is 0 Å². The fourth-order valence-electron chi connectivity index (χ4n) is 1.18. The minimum atomic E-state index is -0.994. The van der Waals surface area contributed by atoms with E-state index < -0.39 is 12.1 Å². The van der Waals surface area contributed by atoms with Crippen molar-refractivity contribution in [2.45, 2.75) is 20.0 Å². The molecule has 0 saturated carbocycles. The molecule has 0 aliphatic carbocycles. The van der Waals surface area contributed by atoms with Crippen LogP contribution >= 0.6 is 27.5 Å². The molecular formula is C11H12BrClO3. The van der Waals surface area contributed by atoms with E-state index in [4.69, 9.17) is 21.4 Å². The smallest absolute Gasteiger partial charge is 0.345 e. The molecule has 1 N–H and O–H groups in total. The second-order valence-electron chi connectivity index (χ2n) is 3.70. The van der Waals surface area contributed by atoms with E-state index in [0.29, 0.717) is 10.8 Å². The van der Waals surface area contributed by atoms with Gasteiger partial charge in [-0.05, 0) is 18.2 Å². The zero-order valence-electron chi connectivity index (χ0n) is 8.91. The molecule has 1 aromatic rings. The Morgan fingerprint density at radius 1 is 1.50 bits per heavy atom. The van der Waals surface area contributed by atoms with Gasteiger partial charge in [0.05, 0.1) is 5.02 Å². The first-order chi connectivity index (χ1) is 7.41. The summed E-state index contributed by atoms with van der Waals surface area (Å²) in [6, 6.07) is 5.07. The highest BCUT2D eigenvalue weighted by Crippen LogP contribution is 2.29. The van der Waals surface area contributed by atoms with Gasteiger partial charge in [-0.15, -0.1) is 0 Å². The maximum absolute atomic E-state index is 11.0. The first-order valence-electron chi connectivity index (χ1n) is 4.76. The van der Waals surface area contributed by atoms with Crippen LogP contribution in [0.1, 0.15) is 13.8 Å². The summed E-state index contributed by atoms with van der Waals surface area (Å²) in [7, 11) is 0. The second-order valence-corrected chi connectivity index (χ2v) is 5.02. The summed E-state index contributed by atoms with van der Waals surface area (Å²) in [5, 5.41) is 9.38. The van der Waals surface area contributed by atoms with Gasteiger partial charge in [0.2, 0.25) is 0 Å². The van der Waals surface area contributed by atoms with Crippen LogP contribution in [0.4, 0.5) is 0 Å². The van der Waals surface area contributed by atoms with E-state index in [-0.39, 0.29) is 5.92 Å². The Labute approximate surface area is 107 Å². The van der Waals surface area contributed by atoms with Crippen molar-refractivity contribution in [2.24, 2.45) is 5.92 Å². The molecule has 0 heterocycles. The number of carboxylic acids is 1. The molecule has 5 heteroatoms. The quantitative estimate of drug-likeness (QED) is 0.924. The van der Waals surface area contributed by atoms with Crippen LogP contribution < -0.4 is 4.74 Å². The standard InChI is InChI=1S/C11H12BrClO3/c1-6(2)10(11(14)15)16-9-5-7(12)3-4-8(9)13/h3-6,10H,1-2H3,(H,14,15). The van der Waals surface area contributed by atoms with Gasteiger partial charge in [0.25, 0.3) is 0 Å². The van der Waals surface area contributed by atoms with Crippen LogP contribution in [0, 0.1) is 5.92 Å². The van der Waals surface area contributed by atoms with Gasteiger partial charge in [0.1, 0.15) is 5.75 Å². The number of carboxylic acid groups (broad SMARTS) is 1. The SMILES string of the molecule is CC(C)C(Oc1cc(Br)ccc1Cl)C(=O)O. The van der Waals surface area contributed by atoms with Crippen molar-refractivity contribution in [3.8, 4) is 5.75 Å². The Hall–Kier alpha value is -0.740. The van der Waals surface area contributed by atoms with Crippen LogP contribution in [0.2, 0.25) is 5.02 Å². The molecule has 0 amide bonds. The molecule has 1 unspecified atom stereocenters. The van der Waals surface area contributed by atoms with E-state index >= 15 is 0 Å². The monoisotopic (exact) mass is 306 g/mol. The average molecular weight is 308 g/mol. The predicted molar refractivity (Wildman–Crippen MR) is 66.0 cm³/mol. The van der Waals surface area contributed by atoms with Gasteiger partial charge in [0.15, 0.2) is 6.10 Å². The number of hydrogen-bond donors (Lipinski definition) is 1. The van der Waals surface area contributed by atoms with E-state index in [1.165, 1.54) is 0 Å². The Balaban J connectivity index is 2.93. The molecule has 1 rings (SSSR count). The lowest BCUT2D eigenvalue weighted by atomic mass is 10.1. The van der Waals surface area contributed by atoms with Crippen LogP contribution in [0.25, 0.3) is 0 Å². The van der Waals surface area contributed by atoms with Crippen LogP contribution in [0.5, 0.6) is 5.75 Å². The van der Waals surface area contributed by atoms with E-state index in [1.807, 2.05) is 0 Å². The average Bonchev–Trinajstić information content (AvgIpc) is 2.18. The fraction of sp³-hybridized carbons (Fsp3) is 0.364. The topological polar surface area (TPSA) is 46.5 Å². The third-order valence-corrected chi connectivity index (χ3v) is 2.80. The lowest BCUT2D eigenvalue weighted by Crippen LogP contribution is -2.32. The lowest BCUT2D eigenvalue weighted by Gasteiger charge is -2.19. The predicted octanol–water partition coefficient (Wildman–Crippen LogP) is 3.59. The van der Waals surface area contributed by atoms with Gasteiger partial charge >= 0.3 is 5.97 Å². The third-order valence-electron chi connectivity index (χ3n) is 2.00. The van der Waals surface area contributed by atoms with Gasteiger partial charge in [-0.25, -0.2) is 4.79 Å². The molecule has 0 radical (unpaired) electrons. The fourth-order valence-corrected chi connectivity index (χ4v) is 1.68. The van der Waals surface area contributed by atoms with E-state index in [2.05, 4.69) is 15.9 Å². The minimum Gasteiger partial charge on any atom is -0.478 e. The summed E-state index contributed by atoms with van der Waals surface area (Å²) < 4.78 is 6.18. The van der Waals surface area contributed by atoms with Crippen molar-refractivity contribution in [3.63, 3.8) is 0 Å². The second kappa shape index (κ2) is 5.55. The molecule has 16 heavy (non-hydrogen) atoms. The maximum atomic E-state index is 11.0. The van der Waals surface area contributed by atoms with Crippen molar-refractivity contribution in [2.75, 3.05) is 0 Å². The highest BCUT2D eigenvalue weighted by molar-refractivity contribution is 9.10. The molecule has 0 spiro atoms. The number of hydrogen-bond acceptors (Lipinski definition) is 2. The Bertz CT molecular complexity index is 393. The van der Waals surface area contributed by atoms with Gasteiger partial charge in [-0.2, -0.15) is 0 Å². The minimum absolute atomic E-state index is 0.132. The number of rotatable bonds is 4. The molecule has 0 bridgehead atoms. The first-order valence-corrected chi connectivity index (χ1v) is 5.93. The van der Waals surface area contributed by atoms with E-state index in [0.717, 1.165) is 4.47 Å². The van der Waals surface area contributed by atoms with Crippen LogP contribution in [-0.4, -0.2) is 17.2 Å². The highest BCUT2D eigenvalue weighted by atomic mass is 79.9. The normalized spacial score (nSPS) is 12.6. The van der Waals surface area contributed by atoms with Crippen LogP contribution in [0.15, 0.2) is 22.7 Å². The van der Waals surface area contributed by atoms with Gasteiger partial charge < -0.3 is 9.84 Å². The Morgan fingerprint density at radius 2 is 2.12 bits per heavy atom. The highest BCUT2D eigenvalue weighted by Gasteiger charge is 2.24. The summed E-state index contributed by atoms with van der Waals surface area (Å²) in [4.78, 5) is 11.0. The third kappa shape index (κ3) is 3.39. The van der Waals surface area contributed by atoms with Crippen molar-refractivity contribution < 1.29 is 14.6 Å². The number of aliphatic carboxylic acids is 1. The van der Waals surface area contributed by atoms with Crippen molar-refractivity contribution >= 4 is 33.5 Å². The van der Waals surface area contributed by atoms with Crippen LogP contribution in [-0.2, 0) is 4.79 Å². The Morgan fingerprint density at radius 3 is 2.62 bits per heavy atom. The van der Waals surface area contributed by atoms with Crippen molar-refractivity contribution in [1.29, 1.82) is 0 Å². The van der Waals surface area contributed by atoms with Crippen LogP contribution in [0.3, 0.4) is 0 Å². The zero-order chi connectivity index (χ0) is 12.3. The number of ether oxygens (including phenoxy) is 1. The largest absolute Gasteiger partial charge is 0.478 e. The summed E-state index contributed by atoms with van der Waals surface area (Å²) in [5.74, 6) is -0.754. The van der Waals surface area contributed by atoms with E-state index in [9.17, 15) is 4.79 Å². The number of benzene rings is 1. The van der Waals surface area contributed by atoms with Crippen molar-refractivity contribution in [3.05, 3.63) is 27.7 Å². The number of carbonyl (C=O) groups is 1. The molecule has 88 valence electrons. The lowest BCUT2D eigenvalue weighted by molar-refractivity contribution is -0.147. The zero-order valence-corrected chi connectivity index (χ0v) is 11.2. The molecule has 0 aliphatic heterocycles. The van der Waals surface area contributed by atoms with Gasteiger partial charge in [-0.1, -0.05) is 41.4 Å². The first kappa shape index (κ1) is 13.3. The summed E-state index contributed by atoms with van der Waals surface area (Å²) in [6.07, 6.45) is -0.896. The molecule has 0 aromatic heterocycles. The molecule has 1 atom stereocenters. The summed E-state index contributed by atoms with van der Waals surface area (Å²) in [6.45, 7) is 3.56. The molecular weight excluding hydrogens is 295 g/mol. The molecule has 1 aromatic carbocycles. The maximum Gasteiger partial charge on any atom is 0.345 e. The number of halogens is 2. The molecule has 0 saturated heterocycles. The van der Waals surface area contributed by atoms with E-state index in [1.54, 1.807) is 32.0 Å². The molecule has 0 fully saturated rings. The molecule has 3 nitrogen and oxygen atoms in total. The van der Waals surface area contributed by atoms with Gasteiger partial charge in [0, 0.05) is 10.4 Å². The Kier molecular flexibility index (Phi) is 4.62. The summed E-state index contributed by atoms with van der Waals surface area (Å²) >= 11 is 9.19. The van der Waals surface area contributed by atoms with Gasteiger partial charge in [-0.3, -0.25) is 0 Å². The summed E-state index contributed by atoms with van der Waals surface area (Å²) in [5.41, 5.74) is 0. The molecule has 0 aliphatic rings.